The maximum Gasteiger partial charge on any atom is 0.0481 e. The van der Waals surface area contributed by atoms with Crippen molar-refractivity contribution in [1.29, 1.82) is 0 Å². The van der Waals surface area contributed by atoms with E-state index < -0.39 is 0 Å². The fraction of sp³-hybridized carbons (Fsp3) is 1.00. The van der Waals surface area contributed by atoms with Crippen molar-refractivity contribution < 1.29 is 4.74 Å². The van der Waals surface area contributed by atoms with E-state index in [1.54, 1.807) is 0 Å². The van der Waals surface area contributed by atoms with Crippen molar-refractivity contribution in [2.24, 2.45) is 11.8 Å². The molecule has 0 saturated heterocycles. The topological polar surface area (TPSA) is 47.3 Å². The molecular weight excluding hydrogens is 152 g/mol. The van der Waals surface area contributed by atoms with Crippen LogP contribution in [0.2, 0.25) is 0 Å². The van der Waals surface area contributed by atoms with E-state index in [2.05, 4.69) is 19.3 Å². The lowest BCUT2D eigenvalue weighted by Crippen LogP contribution is -2.36. The van der Waals surface area contributed by atoms with E-state index in [9.17, 15) is 0 Å². The second-order valence-electron chi connectivity index (χ2n) is 3.48. The zero-order valence-corrected chi connectivity index (χ0v) is 8.47. The Kier molecular flexibility index (Phi) is 7.45. The third-order valence-corrected chi connectivity index (χ3v) is 1.81. The number of hydrogen-bond acceptors (Lipinski definition) is 3. The standard InChI is InChI=1S/C9H22N2O/c1-4-12-6-5-9(11-10)7-8(2)3/h8-9,11H,4-7,10H2,1-3H3. The summed E-state index contributed by atoms with van der Waals surface area (Å²) in [6.45, 7) is 8.00. The summed E-state index contributed by atoms with van der Waals surface area (Å²) in [5.74, 6) is 6.09. The molecule has 0 spiro atoms. The van der Waals surface area contributed by atoms with Gasteiger partial charge in [0.2, 0.25) is 0 Å². The predicted molar refractivity (Wildman–Crippen MR) is 51.7 cm³/mol. The Morgan fingerprint density at radius 1 is 1.42 bits per heavy atom. The Balaban J connectivity index is 3.39. The highest BCUT2D eigenvalue weighted by Gasteiger charge is 2.07. The van der Waals surface area contributed by atoms with E-state index in [0.29, 0.717) is 12.0 Å². The van der Waals surface area contributed by atoms with Crippen LogP contribution in [-0.4, -0.2) is 19.3 Å². The number of nitrogens with one attached hydrogen (secondary N) is 1. The summed E-state index contributed by atoms with van der Waals surface area (Å²) < 4.78 is 5.25. The number of nitrogens with two attached hydrogens (primary N) is 1. The van der Waals surface area contributed by atoms with Gasteiger partial charge in [0.15, 0.2) is 0 Å². The smallest absolute Gasteiger partial charge is 0.0481 e. The number of hydrogen-bond donors (Lipinski definition) is 2. The molecule has 0 aliphatic heterocycles. The number of hydrazine groups is 1. The van der Waals surface area contributed by atoms with Crippen LogP contribution in [0.25, 0.3) is 0 Å². The minimum Gasteiger partial charge on any atom is -0.382 e. The summed E-state index contributed by atoms with van der Waals surface area (Å²) >= 11 is 0. The number of rotatable bonds is 7. The monoisotopic (exact) mass is 174 g/mol. The van der Waals surface area contributed by atoms with Crippen LogP contribution in [0.4, 0.5) is 0 Å². The zero-order chi connectivity index (χ0) is 9.40. The highest BCUT2D eigenvalue weighted by atomic mass is 16.5. The van der Waals surface area contributed by atoms with Crippen LogP contribution in [0.3, 0.4) is 0 Å². The van der Waals surface area contributed by atoms with Crippen LogP contribution in [-0.2, 0) is 4.74 Å². The van der Waals surface area contributed by atoms with Gasteiger partial charge in [-0.25, -0.2) is 0 Å². The van der Waals surface area contributed by atoms with Gasteiger partial charge in [0.25, 0.3) is 0 Å². The molecule has 0 bridgehead atoms. The Bertz CT molecular complexity index is 96.5. The fourth-order valence-corrected chi connectivity index (χ4v) is 1.21. The van der Waals surface area contributed by atoms with Gasteiger partial charge in [-0.15, -0.1) is 0 Å². The van der Waals surface area contributed by atoms with E-state index in [1.807, 2.05) is 6.92 Å². The van der Waals surface area contributed by atoms with Gasteiger partial charge in [-0.05, 0) is 25.7 Å². The molecule has 0 aromatic heterocycles. The van der Waals surface area contributed by atoms with E-state index >= 15 is 0 Å². The molecule has 0 aromatic rings. The molecule has 0 aromatic carbocycles. The molecule has 0 saturated carbocycles. The van der Waals surface area contributed by atoms with Crippen LogP contribution in [0.5, 0.6) is 0 Å². The van der Waals surface area contributed by atoms with Crippen molar-refractivity contribution in [3.05, 3.63) is 0 Å². The van der Waals surface area contributed by atoms with Gasteiger partial charge in [0, 0.05) is 19.3 Å². The largest absolute Gasteiger partial charge is 0.382 e. The Hall–Kier alpha value is -0.120. The zero-order valence-electron chi connectivity index (χ0n) is 8.47. The Morgan fingerprint density at radius 3 is 2.50 bits per heavy atom. The van der Waals surface area contributed by atoms with E-state index in [0.717, 1.165) is 26.1 Å². The average molecular weight is 174 g/mol. The lowest BCUT2D eigenvalue weighted by atomic mass is 10.0. The quantitative estimate of drug-likeness (QED) is 0.347. The van der Waals surface area contributed by atoms with Gasteiger partial charge >= 0.3 is 0 Å². The number of ether oxygens (including phenoxy) is 1. The molecule has 1 unspecified atom stereocenters. The van der Waals surface area contributed by atoms with Crippen LogP contribution in [0.15, 0.2) is 0 Å². The highest BCUT2D eigenvalue weighted by Crippen LogP contribution is 2.06. The summed E-state index contributed by atoms with van der Waals surface area (Å²) in [4.78, 5) is 0. The van der Waals surface area contributed by atoms with Gasteiger partial charge in [0.1, 0.15) is 0 Å². The highest BCUT2D eigenvalue weighted by molar-refractivity contribution is 4.64. The van der Waals surface area contributed by atoms with Gasteiger partial charge in [-0.3, -0.25) is 11.3 Å². The van der Waals surface area contributed by atoms with Gasteiger partial charge < -0.3 is 4.74 Å². The molecule has 0 aliphatic rings. The van der Waals surface area contributed by atoms with Crippen molar-refractivity contribution in [3.63, 3.8) is 0 Å². The fourth-order valence-electron chi connectivity index (χ4n) is 1.21. The van der Waals surface area contributed by atoms with E-state index in [-0.39, 0.29) is 0 Å². The average Bonchev–Trinajstić information content (AvgIpc) is 2.02. The SMILES string of the molecule is CCOCCC(CC(C)C)NN. The molecule has 0 aliphatic carbocycles. The molecule has 0 rings (SSSR count). The van der Waals surface area contributed by atoms with Crippen molar-refractivity contribution in [1.82, 2.24) is 5.43 Å². The molecule has 74 valence electrons. The first-order valence-electron chi connectivity index (χ1n) is 4.74. The molecule has 0 fully saturated rings. The summed E-state index contributed by atoms with van der Waals surface area (Å²) in [6.07, 6.45) is 2.12. The van der Waals surface area contributed by atoms with E-state index in [4.69, 9.17) is 10.6 Å². The summed E-state index contributed by atoms with van der Waals surface area (Å²) in [5, 5.41) is 0. The Morgan fingerprint density at radius 2 is 2.08 bits per heavy atom. The van der Waals surface area contributed by atoms with Crippen LogP contribution < -0.4 is 11.3 Å². The van der Waals surface area contributed by atoms with Crippen molar-refractivity contribution >= 4 is 0 Å². The maximum absolute atomic E-state index is 5.40. The summed E-state index contributed by atoms with van der Waals surface area (Å²) in [5.41, 5.74) is 2.81. The second-order valence-corrected chi connectivity index (χ2v) is 3.48. The van der Waals surface area contributed by atoms with Gasteiger partial charge in [-0.2, -0.15) is 0 Å². The predicted octanol–water partition coefficient (Wildman–Crippen LogP) is 1.29. The van der Waals surface area contributed by atoms with Crippen molar-refractivity contribution in [2.45, 2.75) is 39.7 Å². The molecule has 1 atom stereocenters. The van der Waals surface area contributed by atoms with Crippen LogP contribution in [0, 0.1) is 5.92 Å². The molecule has 12 heavy (non-hydrogen) atoms. The minimum atomic E-state index is 0.400. The van der Waals surface area contributed by atoms with Crippen molar-refractivity contribution in [2.75, 3.05) is 13.2 Å². The van der Waals surface area contributed by atoms with Gasteiger partial charge in [0.05, 0.1) is 0 Å². The van der Waals surface area contributed by atoms with E-state index in [1.165, 1.54) is 0 Å². The third-order valence-electron chi connectivity index (χ3n) is 1.81. The normalized spacial score (nSPS) is 13.8. The van der Waals surface area contributed by atoms with Crippen LogP contribution >= 0.6 is 0 Å². The lowest BCUT2D eigenvalue weighted by molar-refractivity contribution is 0.133. The molecule has 0 heterocycles. The molecule has 0 radical (unpaired) electrons. The first kappa shape index (κ1) is 11.9. The molecule has 3 heteroatoms. The summed E-state index contributed by atoms with van der Waals surface area (Å²) in [7, 11) is 0. The molecule has 0 amide bonds. The lowest BCUT2D eigenvalue weighted by Gasteiger charge is -2.17. The first-order chi connectivity index (χ1) is 5.70. The van der Waals surface area contributed by atoms with Crippen LogP contribution in [0.1, 0.15) is 33.6 Å². The summed E-state index contributed by atoms with van der Waals surface area (Å²) in [6, 6.07) is 0.400. The molecular formula is C9H22N2O. The Labute approximate surface area is 75.6 Å². The molecule has 3 N–H and O–H groups in total. The first-order valence-corrected chi connectivity index (χ1v) is 4.74. The van der Waals surface area contributed by atoms with Crippen molar-refractivity contribution in [3.8, 4) is 0 Å². The maximum atomic E-state index is 5.40. The second kappa shape index (κ2) is 7.53. The third kappa shape index (κ3) is 6.58. The molecule has 3 nitrogen and oxygen atoms in total. The van der Waals surface area contributed by atoms with Gasteiger partial charge in [-0.1, -0.05) is 13.8 Å². The minimum absolute atomic E-state index is 0.400.